The lowest BCUT2D eigenvalue weighted by Crippen LogP contribution is -2.26. The van der Waals surface area contributed by atoms with E-state index in [9.17, 15) is 18.3 Å². The van der Waals surface area contributed by atoms with Crippen molar-refractivity contribution in [2.45, 2.75) is 45.1 Å². The van der Waals surface area contributed by atoms with E-state index in [4.69, 9.17) is 4.74 Å². The van der Waals surface area contributed by atoms with E-state index in [2.05, 4.69) is 5.32 Å². The summed E-state index contributed by atoms with van der Waals surface area (Å²) >= 11 is 0. The van der Waals surface area contributed by atoms with Gasteiger partial charge in [-0.3, -0.25) is 0 Å². The molecule has 1 aliphatic heterocycles. The molecule has 2 aromatic rings. The molecule has 6 heteroatoms. The first-order valence-corrected chi connectivity index (χ1v) is 9.67. The number of aryl methyl sites for hydroxylation is 1. The van der Waals surface area contributed by atoms with Crippen LogP contribution in [0.1, 0.15) is 42.4 Å². The molecule has 0 amide bonds. The minimum absolute atomic E-state index is 0.0226. The second kappa shape index (κ2) is 7.32. The molecule has 3 nitrogen and oxygen atoms in total. The molecule has 0 saturated heterocycles. The van der Waals surface area contributed by atoms with Crippen molar-refractivity contribution in [2.24, 2.45) is 5.41 Å². The molecule has 1 saturated carbocycles. The van der Waals surface area contributed by atoms with E-state index in [1.807, 2.05) is 0 Å². The molecule has 2 N–H and O–H groups in total. The number of aliphatic hydroxyl groups is 1. The summed E-state index contributed by atoms with van der Waals surface area (Å²) in [5.74, 6) is -2.26. The largest absolute Gasteiger partial charge is 0.491 e. The summed E-state index contributed by atoms with van der Waals surface area (Å²) in [6.45, 7) is 2.51. The van der Waals surface area contributed by atoms with Crippen LogP contribution in [0.5, 0.6) is 5.75 Å². The van der Waals surface area contributed by atoms with Gasteiger partial charge in [-0.25, -0.2) is 13.2 Å². The van der Waals surface area contributed by atoms with Crippen LogP contribution in [0.3, 0.4) is 0 Å². The van der Waals surface area contributed by atoms with E-state index < -0.39 is 23.6 Å². The zero-order chi connectivity index (χ0) is 19.9. The lowest BCUT2D eigenvalue weighted by molar-refractivity contribution is 0.109. The zero-order valence-electron chi connectivity index (χ0n) is 15.8. The fourth-order valence-corrected chi connectivity index (χ4v) is 3.93. The maximum atomic E-state index is 14.7. The third-order valence-corrected chi connectivity index (χ3v) is 5.83. The van der Waals surface area contributed by atoms with Gasteiger partial charge in [0.15, 0.2) is 11.6 Å². The van der Waals surface area contributed by atoms with Gasteiger partial charge < -0.3 is 15.2 Å². The van der Waals surface area contributed by atoms with Gasteiger partial charge in [0.05, 0.1) is 18.4 Å². The third kappa shape index (κ3) is 3.83. The third-order valence-electron chi connectivity index (χ3n) is 5.83. The first-order valence-electron chi connectivity index (χ1n) is 9.67. The molecule has 0 aromatic heterocycles. The Kier molecular flexibility index (Phi) is 5.00. The van der Waals surface area contributed by atoms with Crippen LogP contribution in [0.25, 0.3) is 0 Å². The van der Waals surface area contributed by atoms with Gasteiger partial charge in [0.2, 0.25) is 0 Å². The maximum absolute atomic E-state index is 14.7. The van der Waals surface area contributed by atoms with Gasteiger partial charge in [-0.2, -0.15) is 0 Å². The highest BCUT2D eigenvalue weighted by Gasteiger charge is 2.44. The van der Waals surface area contributed by atoms with Crippen molar-refractivity contribution < 1.29 is 23.0 Å². The molecule has 1 fully saturated rings. The van der Waals surface area contributed by atoms with Gasteiger partial charge in [-0.15, -0.1) is 0 Å². The quantitative estimate of drug-likeness (QED) is 0.778. The van der Waals surface area contributed by atoms with Crippen LogP contribution in [0.4, 0.5) is 18.9 Å². The van der Waals surface area contributed by atoms with Gasteiger partial charge in [-0.1, -0.05) is 12.1 Å². The molecule has 1 heterocycles. The van der Waals surface area contributed by atoms with Crippen LogP contribution in [0.2, 0.25) is 0 Å². The summed E-state index contributed by atoms with van der Waals surface area (Å²) in [7, 11) is 0. The Labute approximate surface area is 162 Å². The van der Waals surface area contributed by atoms with E-state index in [-0.39, 0.29) is 29.8 Å². The normalized spacial score (nSPS) is 20.8. The number of fused-ring (bicyclic) bond motifs is 1. The number of aliphatic hydroxyl groups excluding tert-OH is 1. The van der Waals surface area contributed by atoms with Gasteiger partial charge in [0.1, 0.15) is 11.6 Å². The SMILES string of the molecule is Cc1ccc(Cc2c(F)c(F)cc3c2NCC2(CC2)CC(O)CCO3)c(F)c1. The molecular formula is C22H24F3NO2. The first kappa shape index (κ1) is 19.1. The number of nitrogens with one attached hydrogen (secondary N) is 1. The van der Waals surface area contributed by atoms with Crippen LogP contribution < -0.4 is 10.1 Å². The predicted octanol–water partition coefficient (Wildman–Crippen LogP) is 4.73. The highest BCUT2D eigenvalue weighted by atomic mass is 19.2. The highest BCUT2D eigenvalue weighted by molar-refractivity contribution is 5.64. The molecule has 28 heavy (non-hydrogen) atoms. The molecule has 1 spiro atoms. The topological polar surface area (TPSA) is 41.5 Å². The number of anilines is 1. The summed E-state index contributed by atoms with van der Waals surface area (Å²) in [5.41, 5.74) is 1.48. The van der Waals surface area contributed by atoms with Crippen LogP contribution in [0.15, 0.2) is 24.3 Å². The van der Waals surface area contributed by atoms with Crippen LogP contribution in [-0.2, 0) is 6.42 Å². The fraction of sp³-hybridized carbons (Fsp3) is 0.455. The number of hydrogen-bond acceptors (Lipinski definition) is 3. The van der Waals surface area contributed by atoms with E-state index in [0.29, 0.717) is 30.6 Å². The summed E-state index contributed by atoms with van der Waals surface area (Å²) in [6.07, 6.45) is 2.51. The second-order valence-corrected chi connectivity index (χ2v) is 8.14. The molecule has 2 aliphatic rings. The number of hydrogen-bond donors (Lipinski definition) is 2. The van der Waals surface area contributed by atoms with Gasteiger partial charge in [0.25, 0.3) is 0 Å². The smallest absolute Gasteiger partial charge is 0.164 e. The van der Waals surface area contributed by atoms with Crippen molar-refractivity contribution in [1.29, 1.82) is 0 Å². The molecule has 0 radical (unpaired) electrons. The Bertz CT molecular complexity index is 896. The van der Waals surface area contributed by atoms with Crippen molar-refractivity contribution >= 4 is 5.69 Å². The minimum Gasteiger partial charge on any atom is -0.491 e. The van der Waals surface area contributed by atoms with Crippen LogP contribution in [0, 0.1) is 29.8 Å². The minimum atomic E-state index is -1.03. The number of ether oxygens (including phenoxy) is 1. The molecule has 4 rings (SSSR count). The van der Waals surface area contributed by atoms with E-state index >= 15 is 0 Å². The summed E-state index contributed by atoms with van der Waals surface area (Å²) in [6, 6.07) is 5.76. The van der Waals surface area contributed by atoms with E-state index in [1.165, 1.54) is 6.07 Å². The van der Waals surface area contributed by atoms with E-state index in [1.54, 1.807) is 19.1 Å². The van der Waals surface area contributed by atoms with Crippen LogP contribution in [-0.4, -0.2) is 24.4 Å². The first-order chi connectivity index (χ1) is 13.4. The monoisotopic (exact) mass is 391 g/mol. The molecule has 2 aromatic carbocycles. The standard InChI is InChI=1S/C22H24F3NO2/c1-13-2-3-14(17(23)8-13)9-16-20(25)18(24)10-19-21(16)26-12-22(5-6-22)11-15(27)4-7-28-19/h2-3,8,10,15,26-27H,4-7,9,11-12H2,1H3. The van der Waals surface area contributed by atoms with E-state index in [0.717, 1.165) is 24.5 Å². The number of rotatable bonds is 2. The van der Waals surface area contributed by atoms with Crippen molar-refractivity contribution in [1.82, 2.24) is 0 Å². The Morgan fingerprint density at radius 1 is 1.18 bits per heavy atom. The van der Waals surface area contributed by atoms with Crippen molar-refractivity contribution in [3.05, 3.63) is 58.4 Å². The average Bonchev–Trinajstić information content (AvgIpc) is 3.39. The zero-order valence-corrected chi connectivity index (χ0v) is 15.8. The van der Waals surface area contributed by atoms with Crippen LogP contribution >= 0.6 is 0 Å². The number of benzene rings is 2. The molecule has 1 atom stereocenters. The Balaban J connectivity index is 1.73. The lowest BCUT2D eigenvalue weighted by Gasteiger charge is -2.26. The van der Waals surface area contributed by atoms with Crippen molar-refractivity contribution in [2.75, 3.05) is 18.5 Å². The molecule has 1 aliphatic carbocycles. The van der Waals surface area contributed by atoms with Gasteiger partial charge >= 0.3 is 0 Å². The van der Waals surface area contributed by atoms with Gasteiger partial charge in [-0.05, 0) is 48.8 Å². The molecular weight excluding hydrogens is 367 g/mol. The Morgan fingerprint density at radius 2 is 1.96 bits per heavy atom. The summed E-state index contributed by atoms with van der Waals surface area (Å²) in [5, 5.41) is 13.4. The fourth-order valence-electron chi connectivity index (χ4n) is 3.93. The van der Waals surface area contributed by atoms with Crippen molar-refractivity contribution in [3.8, 4) is 5.75 Å². The number of halogens is 3. The summed E-state index contributed by atoms with van der Waals surface area (Å²) in [4.78, 5) is 0. The molecule has 1 unspecified atom stereocenters. The predicted molar refractivity (Wildman–Crippen MR) is 101 cm³/mol. The van der Waals surface area contributed by atoms with Gasteiger partial charge in [0, 0.05) is 31.0 Å². The maximum Gasteiger partial charge on any atom is 0.164 e. The summed E-state index contributed by atoms with van der Waals surface area (Å²) < 4.78 is 49.0. The second-order valence-electron chi connectivity index (χ2n) is 8.14. The van der Waals surface area contributed by atoms with Crippen molar-refractivity contribution in [3.63, 3.8) is 0 Å². The lowest BCUT2D eigenvalue weighted by atomic mass is 9.95. The highest BCUT2D eigenvalue weighted by Crippen LogP contribution is 2.51. The molecule has 0 bridgehead atoms. The Morgan fingerprint density at radius 3 is 2.68 bits per heavy atom. The average molecular weight is 391 g/mol. The Hall–Kier alpha value is -2.21. The molecule has 150 valence electrons.